The Hall–Kier alpha value is -0.480. The maximum absolute atomic E-state index is 5.33. The molecule has 0 radical (unpaired) electrons. The number of terminal acetylenes is 1. The van der Waals surface area contributed by atoms with Gasteiger partial charge >= 0.3 is 0 Å². The SMILES string of the molecule is C#CCCCC1CC(CC)CCC1CNC. The summed E-state index contributed by atoms with van der Waals surface area (Å²) in [5.41, 5.74) is 0. The topological polar surface area (TPSA) is 12.0 Å². The van der Waals surface area contributed by atoms with Crippen LogP contribution in [0.5, 0.6) is 0 Å². The summed E-state index contributed by atoms with van der Waals surface area (Å²) in [6.07, 6.45) is 14.5. The van der Waals surface area contributed by atoms with E-state index < -0.39 is 0 Å². The van der Waals surface area contributed by atoms with Gasteiger partial charge in [0.05, 0.1) is 0 Å². The van der Waals surface area contributed by atoms with E-state index in [1.807, 2.05) is 0 Å². The molecule has 1 nitrogen and oxygen atoms in total. The van der Waals surface area contributed by atoms with E-state index in [0.717, 1.165) is 24.2 Å². The van der Waals surface area contributed by atoms with Crippen LogP contribution in [0.4, 0.5) is 0 Å². The number of hydrogen-bond donors (Lipinski definition) is 1. The largest absolute Gasteiger partial charge is 0.319 e. The third kappa shape index (κ3) is 4.18. The van der Waals surface area contributed by atoms with E-state index >= 15 is 0 Å². The molecule has 0 bridgehead atoms. The normalized spacial score (nSPS) is 29.9. The molecule has 1 aliphatic carbocycles. The minimum Gasteiger partial charge on any atom is -0.319 e. The lowest BCUT2D eigenvalue weighted by atomic mass is 9.71. The van der Waals surface area contributed by atoms with Gasteiger partial charge in [0.2, 0.25) is 0 Å². The molecule has 0 amide bonds. The second-order valence-electron chi connectivity index (χ2n) is 5.26. The summed E-state index contributed by atoms with van der Waals surface area (Å²) in [5.74, 6) is 5.55. The highest BCUT2D eigenvalue weighted by molar-refractivity contribution is 4.85. The monoisotopic (exact) mass is 221 g/mol. The molecule has 1 N–H and O–H groups in total. The van der Waals surface area contributed by atoms with Crippen LogP contribution in [0.15, 0.2) is 0 Å². The zero-order valence-corrected chi connectivity index (χ0v) is 11.0. The Labute approximate surface area is 101 Å². The highest BCUT2D eigenvalue weighted by Gasteiger charge is 2.28. The van der Waals surface area contributed by atoms with Crippen molar-refractivity contribution in [1.82, 2.24) is 5.32 Å². The number of nitrogens with one attached hydrogen (secondary N) is 1. The van der Waals surface area contributed by atoms with Gasteiger partial charge in [0.25, 0.3) is 0 Å². The molecule has 16 heavy (non-hydrogen) atoms. The third-order valence-corrected chi connectivity index (χ3v) is 4.19. The number of unbranched alkanes of at least 4 members (excludes halogenated alkanes) is 1. The van der Waals surface area contributed by atoms with Crippen LogP contribution in [0.25, 0.3) is 0 Å². The molecule has 0 aromatic rings. The van der Waals surface area contributed by atoms with Crippen molar-refractivity contribution < 1.29 is 0 Å². The van der Waals surface area contributed by atoms with Crippen LogP contribution in [-0.4, -0.2) is 13.6 Å². The lowest BCUT2D eigenvalue weighted by molar-refractivity contribution is 0.163. The summed E-state index contributed by atoms with van der Waals surface area (Å²) < 4.78 is 0. The Morgan fingerprint density at radius 3 is 2.75 bits per heavy atom. The summed E-state index contributed by atoms with van der Waals surface area (Å²) in [6, 6.07) is 0. The van der Waals surface area contributed by atoms with Crippen molar-refractivity contribution in [2.45, 2.75) is 51.9 Å². The Kier molecular flexibility index (Phi) is 6.57. The fourth-order valence-corrected chi connectivity index (χ4v) is 3.15. The van der Waals surface area contributed by atoms with Crippen molar-refractivity contribution >= 4 is 0 Å². The van der Waals surface area contributed by atoms with E-state index in [-0.39, 0.29) is 0 Å². The van der Waals surface area contributed by atoms with Crippen LogP contribution >= 0.6 is 0 Å². The minimum absolute atomic E-state index is 0.894. The summed E-state index contributed by atoms with van der Waals surface area (Å²) in [4.78, 5) is 0. The average Bonchev–Trinajstić information content (AvgIpc) is 2.31. The van der Waals surface area contributed by atoms with E-state index in [0.29, 0.717) is 0 Å². The zero-order chi connectivity index (χ0) is 11.8. The minimum atomic E-state index is 0.894. The quantitative estimate of drug-likeness (QED) is 0.535. The summed E-state index contributed by atoms with van der Waals surface area (Å²) in [6.45, 7) is 3.53. The van der Waals surface area contributed by atoms with Gasteiger partial charge in [-0.05, 0) is 57.0 Å². The first-order valence-electron chi connectivity index (χ1n) is 6.89. The molecule has 3 atom stereocenters. The molecular formula is C15H27N. The van der Waals surface area contributed by atoms with Crippen molar-refractivity contribution in [1.29, 1.82) is 0 Å². The van der Waals surface area contributed by atoms with Gasteiger partial charge in [-0.3, -0.25) is 0 Å². The molecule has 0 spiro atoms. The standard InChI is InChI=1S/C15H27N/c1-4-6-7-8-14-11-13(5-2)9-10-15(14)12-16-3/h1,13-16H,5-12H2,2-3H3. The van der Waals surface area contributed by atoms with E-state index in [9.17, 15) is 0 Å². The molecule has 1 aliphatic rings. The Morgan fingerprint density at radius 1 is 1.31 bits per heavy atom. The maximum Gasteiger partial charge on any atom is 0.00861 e. The van der Waals surface area contributed by atoms with Crippen LogP contribution < -0.4 is 5.32 Å². The number of hydrogen-bond acceptors (Lipinski definition) is 1. The molecular weight excluding hydrogens is 194 g/mol. The lowest BCUT2D eigenvalue weighted by Crippen LogP contribution is -2.31. The first-order chi connectivity index (χ1) is 7.81. The molecule has 0 aromatic heterocycles. The van der Waals surface area contributed by atoms with Crippen molar-refractivity contribution in [3.05, 3.63) is 0 Å². The zero-order valence-electron chi connectivity index (χ0n) is 11.0. The second-order valence-corrected chi connectivity index (χ2v) is 5.26. The Balaban J connectivity index is 2.40. The molecule has 1 rings (SSSR count). The third-order valence-electron chi connectivity index (χ3n) is 4.19. The van der Waals surface area contributed by atoms with Crippen LogP contribution in [0.1, 0.15) is 51.9 Å². The van der Waals surface area contributed by atoms with Crippen molar-refractivity contribution in [3.63, 3.8) is 0 Å². The Morgan fingerprint density at radius 2 is 2.12 bits per heavy atom. The second kappa shape index (κ2) is 7.74. The molecule has 0 heterocycles. The van der Waals surface area contributed by atoms with E-state index in [1.54, 1.807) is 0 Å². The first-order valence-corrected chi connectivity index (χ1v) is 6.89. The molecule has 3 unspecified atom stereocenters. The van der Waals surface area contributed by atoms with Gasteiger partial charge in [-0.25, -0.2) is 0 Å². The van der Waals surface area contributed by atoms with E-state index in [4.69, 9.17) is 6.42 Å². The van der Waals surface area contributed by atoms with Gasteiger partial charge in [-0.15, -0.1) is 12.3 Å². The first kappa shape index (κ1) is 13.6. The van der Waals surface area contributed by atoms with Gasteiger partial charge < -0.3 is 5.32 Å². The van der Waals surface area contributed by atoms with Crippen molar-refractivity contribution in [2.75, 3.05) is 13.6 Å². The average molecular weight is 221 g/mol. The van der Waals surface area contributed by atoms with E-state index in [1.165, 1.54) is 45.1 Å². The predicted octanol–water partition coefficient (Wildman–Crippen LogP) is 3.45. The summed E-state index contributed by atoms with van der Waals surface area (Å²) >= 11 is 0. The van der Waals surface area contributed by atoms with Gasteiger partial charge in [0.15, 0.2) is 0 Å². The van der Waals surface area contributed by atoms with Crippen molar-refractivity contribution in [3.8, 4) is 12.3 Å². The highest BCUT2D eigenvalue weighted by atomic mass is 14.8. The smallest absolute Gasteiger partial charge is 0.00861 e. The van der Waals surface area contributed by atoms with Gasteiger partial charge in [-0.1, -0.05) is 19.8 Å². The summed E-state index contributed by atoms with van der Waals surface area (Å²) in [5, 5.41) is 3.35. The molecule has 92 valence electrons. The van der Waals surface area contributed by atoms with Gasteiger partial charge in [0.1, 0.15) is 0 Å². The molecule has 1 saturated carbocycles. The highest BCUT2D eigenvalue weighted by Crippen LogP contribution is 2.37. The van der Waals surface area contributed by atoms with Gasteiger partial charge in [-0.2, -0.15) is 0 Å². The fourth-order valence-electron chi connectivity index (χ4n) is 3.15. The van der Waals surface area contributed by atoms with Crippen LogP contribution in [0, 0.1) is 30.1 Å². The Bertz CT molecular complexity index is 216. The molecule has 0 aliphatic heterocycles. The molecule has 0 saturated heterocycles. The van der Waals surface area contributed by atoms with E-state index in [2.05, 4.69) is 25.2 Å². The molecule has 1 fully saturated rings. The fraction of sp³-hybridized carbons (Fsp3) is 0.867. The van der Waals surface area contributed by atoms with Crippen molar-refractivity contribution in [2.24, 2.45) is 17.8 Å². The molecule has 1 heteroatoms. The summed E-state index contributed by atoms with van der Waals surface area (Å²) in [7, 11) is 2.07. The van der Waals surface area contributed by atoms with Crippen LogP contribution in [0.3, 0.4) is 0 Å². The van der Waals surface area contributed by atoms with Crippen LogP contribution in [-0.2, 0) is 0 Å². The predicted molar refractivity (Wildman–Crippen MR) is 71.2 cm³/mol. The van der Waals surface area contributed by atoms with Crippen LogP contribution in [0.2, 0.25) is 0 Å². The number of rotatable bonds is 6. The lowest BCUT2D eigenvalue weighted by Gasteiger charge is -2.36. The molecule has 0 aromatic carbocycles. The maximum atomic E-state index is 5.33. The van der Waals surface area contributed by atoms with Gasteiger partial charge in [0, 0.05) is 6.42 Å².